The molecule has 1 fully saturated rings. The second kappa shape index (κ2) is 4.63. The summed E-state index contributed by atoms with van der Waals surface area (Å²) in [4.78, 5) is 32.4. The van der Waals surface area contributed by atoms with Crippen LogP contribution in [0.25, 0.3) is 0 Å². The molecule has 0 saturated carbocycles. The van der Waals surface area contributed by atoms with Crippen LogP contribution in [0.5, 0.6) is 0 Å². The molecule has 0 bridgehead atoms. The highest BCUT2D eigenvalue weighted by atomic mass is 16.4. The van der Waals surface area contributed by atoms with Crippen molar-refractivity contribution in [3.8, 4) is 0 Å². The van der Waals surface area contributed by atoms with Gasteiger partial charge < -0.3 is 21.5 Å². The maximum atomic E-state index is 11.2. The van der Waals surface area contributed by atoms with E-state index in [0.717, 1.165) is 0 Å². The van der Waals surface area contributed by atoms with Gasteiger partial charge in [0.15, 0.2) is 0 Å². The third-order valence-electron chi connectivity index (χ3n) is 2.32. The number of amides is 3. The molecule has 0 aromatic rings. The number of nitrogens with one attached hydrogen (secondary N) is 2. The number of carbonyl (C=O) groups excluding carboxylic acids is 2. The van der Waals surface area contributed by atoms with Crippen molar-refractivity contribution in [1.29, 1.82) is 0 Å². The highest BCUT2D eigenvalue weighted by Crippen LogP contribution is 2.15. The van der Waals surface area contributed by atoms with E-state index >= 15 is 0 Å². The van der Waals surface area contributed by atoms with Crippen molar-refractivity contribution in [3.05, 3.63) is 0 Å². The number of nitrogens with two attached hydrogens (primary N) is 1. The lowest BCUT2D eigenvalue weighted by molar-refractivity contribution is -0.123. The molecular formula is C8H13N3O4. The van der Waals surface area contributed by atoms with Crippen LogP contribution >= 0.6 is 0 Å². The summed E-state index contributed by atoms with van der Waals surface area (Å²) >= 11 is 0. The van der Waals surface area contributed by atoms with Gasteiger partial charge >= 0.3 is 6.09 Å². The molecule has 1 aliphatic rings. The third kappa shape index (κ3) is 3.12. The molecule has 2 atom stereocenters. The smallest absolute Gasteiger partial charge is 0.405 e. The zero-order valence-corrected chi connectivity index (χ0v) is 8.03. The van der Waals surface area contributed by atoms with Crippen LogP contribution in [0, 0.1) is 5.92 Å². The molecule has 1 rings (SSSR count). The van der Waals surface area contributed by atoms with E-state index in [2.05, 4.69) is 5.32 Å². The summed E-state index contributed by atoms with van der Waals surface area (Å²) in [6.07, 6.45) is -0.602. The normalized spacial score (nSPS) is 21.9. The fourth-order valence-electron chi connectivity index (χ4n) is 1.55. The van der Waals surface area contributed by atoms with Crippen molar-refractivity contribution >= 4 is 17.9 Å². The van der Waals surface area contributed by atoms with Crippen LogP contribution < -0.4 is 16.4 Å². The lowest BCUT2D eigenvalue weighted by atomic mass is 9.98. The zero-order valence-electron chi connectivity index (χ0n) is 8.03. The lowest BCUT2D eigenvalue weighted by Crippen LogP contribution is -2.45. The lowest BCUT2D eigenvalue weighted by Gasteiger charge is -2.15. The summed E-state index contributed by atoms with van der Waals surface area (Å²) in [5.41, 5.74) is 5.01. The van der Waals surface area contributed by atoms with E-state index in [1.54, 1.807) is 0 Å². The van der Waals surface area contributed by atoms with Crippen molar-refractivity contribution in [3.63, 3.8) is 0 Å². The Kier molecular flexibility index (Phi) is 3.48. The second-order valence-electron chi connectivity index (χ2n) is 3.42. The van der Waals surface area contributed by atoms with E-state index in [1.165, 1.54) is 0 Å². The van der Waals surface area contributed by atoms with Crippen LogP contribution in [-0.2, 0) is 9.59 Å². The minimum atomic E-state index is -1.32. The Bertz CT molecular complexity index is 292. The fraction of sp³-hybridized carbons (Fsp3) is 0.625. The van der Waals surface area contributed by atoms with Crippen molar-refractivity contribution in [2.45, 2.75) is 18.9 Å². The largest absolute Gasteiger partial charge is 0.465 e. The van der Waals surface area contributed by atoms with Gasteiger partial charge in [-0.3, -0.25) is 9.59 Å². The standard InChI is InChI=1S/C8H13N3O4/c9-6(12)5(11-8(14)15)3-4-1-2-10-7(4)13/h4-5,11H,1-3H2,(H2,9,12)(H,10,13)(H,14,15)/t4-,5-/m0/s1. The zero-order chi connectivity index (χ0) is 11.4. The van der Waals surface area contributed by atoms with Gasteiger partial charge in [0.1, 0.15) is 6.04 Å². The molecule has 15 heavy (non-hydrogen) atoms. The molecular weight excluding hydrogens is 202 g/mol. The minimum Gasteiger partial charge on any atom is -0.465 e. The molecule has 0 aliphatic carbocycles. The molecule has 84 valence electrons. The first kappa shape index (κ1) is 11.3. The van der Waals surface area contributed by atoms with E-state index < -0.39 is 18.0 Å². The third-order valence-corrected chi connectivity index (χ3v) is 2.32. The molecule has 1 aliphatic heterocycles. The van der Waals surface area contributed by atoms with E-state index in [4.69, 9.17) is 10.8 Å². The predicted octanol–water partition coefficient (Wildman–Crippen LogP) is -1.37. The van der Waals surface area contributed by atoms with Crippen LogP contribution in [0.2, 0.25) is 0 Å². The molecule has 7 heteroatoms. The Morgan fingerprint density at radius 2 is 2.33 bits per heavy atom. The number of carboxylic acid groups (broad SMARTS) is 1. The van der Waals surface area contributed by atoms with E-state index in [-0.39, 0.29) is 18.2 Å². The molecule has 1 saturated heterocycles. The van der Waals surface area contributed by atoms with Gasteiger partial charge in [0.05, 0.1) is 0 Å². The second-order valence-corrected chi connectivity index (χ2v) is 3.42. The summed E-state index contributed by atoms with van der Waals surface area (Å²) in [6, 6.07) is -1.00. The average molecular weight is 215 g/mol. The van der Waals surface area contributed by atoms with Gasteiger partial charge in [-0.15, -0.1) is 0 Å². The Morgan fingerprint density at radius 1 is 1.67 bits per heavy atom. The number of primary amides is 1. The Balaban J connectivity index is 2.54. The van der Waals surface area contributed by atoms with Gasteiger partial charge in [-0.25, -0.2) is 4.79 Å². The fourth-order valence-corrected chi connectivity index (χ4v) is 1.55. The summed E-state index contributed by atoms with van der Waals surface area (Å²) in [5, 5.41) is 13.0. The molecule has 5 N–H and O–H groups in total. The average Bonchev–Trinajstić information content (AvgIpc) is 2.50. The van der Waals surface area contributed by atoms with Gasteiger partial charge in [-0.1, -0.05) is 0 Å². The SMILES string of the molecule is NC(=O)[C@H](C[C@@H]1CCNC1=O)NC(=O)O. The Morgan fingerprint density at radius 3 is 2.73 bits per heavy atom. The van der Waals surface area contributed by atoms with E-state index in [1.807, 2.05) is 5.32 Å². The highest BCUT2D eigenvalue weighted by molar-refractivity contribution is 5.86. The molecule has 0 unspecified atom stereocenters. The molecule has 7 nitrogen and oxygen atoms in total. The summed E-state index contributed by atoms with van der Waals surface area (Å²) in [7, 11) is 0. The van der Waals surface area contributed by atoms with E-state index in [0.29, 0.717) is 13.0 Å². The van der Waals surface area contributed by atoms with Crippen molar-refractivity contribution < 1.29 is 19.5 Å². The van der Waals surface area contributed by atoms with Crippen molar-refractivity contribution in [1.82, 2.24) is 10.6 Å². The van der Waals surface area contributed by atoms with Crippen LogP contribution in [0.4, 0.5) is 4.79 Å². The first-order chi connectivity index (χ1) is 7.00. The van der Waals surface area contributed by atoms with Crippen molar-refractivity contribution in [2.24, 2.45) is 11.7 Å². The summed E-state index contributed by atoms with van der Waals surface area (Å²) in [5.74, 6) is -1.26. The number of hydrogen-bond acceptors (Lipinski definition) is 3. The van der Waals surface area contributed by atoms with Gasteiger partial charge in [0.25, 0.3) is 0 Å². The molecule has 0 radical (unpaired) electrons. The van der Waals surface area contributed by atoms with Crippen LogP contribution in [0.3, 0.4) is 0 Å². The van der Waals surface area contributed by atoms with Gasteiger partial charge in [-0.2, -0.15) is 0 Å². The molecule has 3 amide bonds. The number of rotatable bonds is 4. The maximum Gasteiger partial charge on any atom is 0.405 e. The number of carbonyl (C=O) groups is 3. The summed E-state index contributed by atoms with van der Waals surface area (Å²) in [6.45, 7) is 0.558. The Hall–Kier alpha value is -1.79. The topological polar surface area (TPSA) is 122 Å². The molecule has 0 spiro atoms. The molecule has 0 aromatic carbocycles. The molecule has 0 aromatic heterocycles. The highest BCUT2D eigenvalue weighted by Gasteiger charge is 2.30. The van der Waals surface area contributed by atoms with Gasteiger partial charge in [0.2, 0.25) is 11.8 Å². The van der Waals surface area contributed by atoms with Crippen LogP contribution in [0.15, 0.2) is 0 Å². The predicted molar refractivity (Wildman–Crippen MR) is 49.9 cm³/mol. The van der Waals surface area contributed by atoms with Gasteiger partial charge in [-0.05, 0) is 12.8 Å². The van der Waals surface area contributed by atoms with Crippen LogP contribution in [0.1, 0.15) is 12.8 Å². The first-order valence-corrected chi connectivity index (χ1v) is 4.57. The first-order valence-electron chi connectivity index (χ1n) is 4.57. The summed E-state index contributed by atoms with van der Waals surface area (Å²) < 4.78 is 0. The van der Waals surface area contributed by atoms with E-state index in [9.17, 15) is 14.4 Å². The molecule has 1 heterocycles. The van der Waals surface area contributed by atoms with Crippen LogP contribution in [-0.4, -0.2) is 35.6 Å². The minimum absolute atomic E-state index is 0.119. The van der Waals surface area contributed by atoms with Crippen molar-refractivity contribution in [2.75, 3.05) is 6.54 Å². The Labute approximate surface area is 86.0 Å². The number of hydrogen-bond donors (Lipinski definition) is 4. The quantitative estimate of drug-likeness (QED) is 0.462. The maximum absolute atomic E-state index is 11.2. The van der Waals surface area contributed by atoms with Gasteiger partial charge in [0, 0.05) is 12.5 Å². The monoisotopic (exact) mass is 215 g/mol.